The zero-order valence-electron chi connectivity index (χ0n) is 15.8. The molecule has 0 radical (unpaired) electrons. The van der Waals surface area contributed by atoms with Crippen molar-refractivity contribution >= 4 is 50.6 Å². The molecule has 0 bridgehead atoms. The van der Waals surface area contributed by atoms with Gasteiger partial charge in [-0.2, -0.15) is 0 Å². The summed E-state index contributed by atoms with van der Waals surface area (Å²) < 4.78 is 0.765. The van der Waals surface area contributed by atoms with Crippen LogP contribution >= 0.6 is 23.1 Å². The van der Waals surface area contributed by atoms with Crippen molar-refractivity contribution in [2.75, 3.05) is 10.6 Å². The second-order valence-electron chi connectivity index (χ2n) is 6.52. The van der Waals surface area contributed by atoms with Crippen LogP contribution in [-0.2, 0) is 11.3 Å². The molecule has 29 heavy (non-hydrogen) atoms. The third kappa shape index (κ3) is 5.13. The van der Waals surface area contributed by atoms with Crippen molar-refractivity contribution in [3.8, 4) is 0 Å². The molecule has 0 saturated carbocycles. The van der Waals surface area contributed by atoms with Crippen LogP contribution in [0, 0.1) is 0 Å². The molecule has 7 heteroatoms. The molecule has 0 spiro atoms. The van der Waals surface area contributed by atoms with Gasteiger partial charge in [0.1, 0.15) is 0 Å². The van der Waals surface area contributed by atoms with Gasteiger partial charge < -0.3 is 10.6 Å². The standard InChI is InChI=1S/C22H20N4OS2/c1-15(20(27)24-19-12-11-17-9-5-6-10-18(17)13-19)28-22-26-25-21(29-22)23-14-16-7-3-2-4-8-16/h2-13,15H,14H2,1H3,(H,23,25)(H,24,27). The lowest BCUT2D eigenvalue weighted by atomic mass is 10.1. The highest BCUT2D eigenvalue weighted by Crippen LogP contribution is 2.30. The lowest BCUT2D eigenvalue weighted by molar-refractivity contribution is -0.115. The molecule has 1 aromatic heterocycles. The van der Waals surface area contributed by atoms with Gasteiger partial charge in [-0.25, -0.2) is 0 Å². The number of fused-ring (bicyclic) bond motifs is 1. The second-order valence-corrected chi connectivity index (χ2v) is 9.09. The third-order valence-corrected chi connectivity index (χ3v) is 6.42. The van der Waals surface area contributed by atoms with Crippen molar-refractivity contribution in [2.45, 2.75) is 23.1 Å². The lowest BCUT2D eigenvalue weighted by Crippen LogP contribution is -2.22. The predicted molar refractivity (Wildman–Crippen MR) is 122 cm³/mol. The van der Waals surface area contributed by atoms with Crippen molar-refractivity contribution in [3.63, 3.8) is 0 Å². The molecule has 0 saturated heterocycles. The summed E-state index contributed by atoms with van der Waals surface area (Å²) >= 11 is 2.87. The number of hydrogen-bond donors (Lipinski definition) is 2. The number of carbonyl (C=O) groups excluding carboxylic acids is 1. The van der Waals surface area contributed by atoms with E-state index in [0.29, 0.717) is 6.54 Å². The van der Waals surface area contributed by atoms with Crippen LogP contribution in [0.2, 0.25) is 0 Å². The summed E-state index contributed by atoms with van der Waals surface area (Å²) in [5.74, 6) is -0.0562. The lowest BCUT2D eigenvalue weighted by Gasteiger charge is -2.11. The van der Waals surface area contributed by atoms with E-state index in [1.807, 2.05) is 61.5 Å². The van der Waals surface area contributed by atoms with Gasteiger partial charge in [-0.15, -0.1) is 10.2 Å². The van der Waals surface area contributed by atoms with Crippen LogP contribution in [0.3, 0.4) is 0 Å². The molecule has 4 aromatic rings. The predicted octanol–water partition coefficient (Wildman–Crippen LogP) is 5.42. The summed E-state index contributed by atoms with van der Waals surface area (Å²) in [6, 6.07) is 24.1. The van der Waals surface area contributed by atoms with Crippen molar-refractivity contribution in [2.24, 2.45) is 0 Å². The molecule has 146 valence electrons. The summed E-state index contributed by atoms with van der Waals surface area (Å²) in [7, 11) is 0. The summed E-state index contributed by atoms with van der Waals surface area (Å²) in [5, 5.41) is 17.3. The Balaban J connectivity index is 1.33. The highest BCUT2D eigenvalue weighted by molar-refractivity contribution is 8.02. The number of anilines is 2. The van der Waals surface area contributed by atoms with Crippen LogP contribution in [0.5, 0.6) is 0 Å². The van der Waals surface area contributed by atoms with E-state index in [0.717, 1.165) is 25.9 Å². The fraction of sp³-hybridized carbons (Fsp3) is 0.136. The summed E-state index contributed by atoms with van der Waals surface area (Å²) in [4.78, 5) is 12.6. The fourth-order valence-electron chi connectivity index (χ4n) is 2.82. The van der Waals surface area contributed by atoms with Gasteiger partial charge >= 0.3 is 0 Å². The molecule has 4 rings (SSSR count). The normalized spacial score (nSPS) is 11.9. The SMILES string of the molecule is CC(Sc1nnc(NCc2ccccc2)s1)C(=O)Nc1ccc2ccccc2c1. The van der Waals surface area contributed by atoms with Crippen LogP contribution in [0.25, 0.3) is 10.8 Å². The molecule has 2 N–H and O–H groups in total. The van der Waals surface area contributed by atoms with E-state index in [9.17, 15) is 4.79 Å². The molecular formula is C22H20N4OS2. The Hall–Kier alpha value is -2.90. The highest BCUT2D eigenvalue weighted by Gasteiger charge is 2.17. The molecule has 5 nitrogen and oxygen atoms in total. The Bertz CT molecular complexity index is 1110. The average Bonchev–Trinajstić information content (AvgIpc) is 3.20. The third-order valence-electron chi connectivity index (χ3n) is 4.36. The van der Waals surface area contributed by atoms with Crippen molar-refractivity contribution < 1.29 is 4.79 Å². The van der Waals surface area contributed by atoms with Crippen LogP contribution < -0.4 is 10.6 Å². The first-order valence-electron chi connectivity index (χ1n) is 9.25. The number of aromatic nitrogens is 2. The van der Waals surface area contributed by atoms with E-state index in [2.05, 4.69) is 39.0 Å². The number of thioether (sulfide) groups is 1. The molecule has 0 aliphatic carbocycles. The van der Waals surface area contributed by atoms with Crippen molar-refractivity contribution in [3.05, 3.63) is 78.4 Å². The summed E-state index contributed by atoms with van der Waals surface area (Å²) in [6.07, 6.45) is 0. The first-order valence-corrected chi connectivity index (χ1v) is 10.9. The van der Waals surface area contributed by atoms with E-state index in [4.69, 9.17) is 0 Å². The molecule has 3 aromatic carbocycles. The van der Waals surface area contributed by atoms with Gasteiger partial charge in [0.15, 0.2) is 4.34 Å². The molecule has 1 amide bonds. The smallest absolute Gasteiger partial charge is 0.237 e. The van der Waals surface area contributed by atoms with Gasteiger partial charge in [-0.05, 0) is 35.4 Å². The maximum absolute atomic E-state index is 12.6. The minimum atomic E-state index is -0.281. The molecule has 0 aliphatic rings. The van der Waals surface area contributed by atoms with Crippen molar-refractivity contribution in [1.82, 2.24) is 10.2 Å². The molecule has 0 aliphatic heterocycles. The summed E-state index contributed by atoms with van der Waals surface area (Å²) in [5.41, 5.74) is 1.98. The topological polar surface area (TPSA) is 66.9 Å². The first-order chi connectivity index (χ1) is 14.2. The minimum Gasteiger partial charge on any atom is -0.356 e. The second kappa shape index (κ2) is 9.07. The number of nitrogens with zero attached hydrogens (tertiary/aromatic N) is 2. The van der Waals surface area contributed by atoms with Gasteiger partial charge in [-0.3, -0.25) is 4.79 Å². The zero-order chi connectivity index (χ0) is 20.1. The van der Waals surface area contributed by atoms with E-state index < -0.39 is 0 Å². The Kier molecular flexibility index (Phi) is 6.07. The van der Waals surface area contributed by atoms with Crippen LogP contribution in [0.15, 0.2) is 77.1 Å². The molecule has 0 fully saturated rings. The van der Waals surface area contributed by atoms with E-state index >= 15 is 0 Å². The number of rotatable bonds is 7. The molecule has 1 unspecified atom stereocenters. The Morgan fingerprint density at radius 3 is 2.59 bits per heavy atom. The summed E-state index contributed by atoms with van der Waals surface area (Å²) in [6.45, 7) is 2.57. The van der Waals surface area contributed by atoms with Gasteiger partial charge in [0.25, 0.3) is 0 Å². The maximum Gasteiger partial charge on any atom is 0.237 e. The van der Waals surface area contributed by atoms with E-state index in [1.165, 1.54) is 28.7 Å². The first kappa shape index (κ1) is 19.4. The zero-order valence-corrected chi connectivity index (χ0v) is 17.5. The number of nitrogens with one attached hydrogen (secondary N) is 2. The quantitative estimate of drug-likeness (QED) is 0.391. The average molecular weight is 421 g/mol. The van der Waals surface area contributed by atoms with Gasteiger partial charge in [0, 0.05) is 12.2 Å². The van der Waals surface area contributed by atoms with Crippen LogP contribution in [-0.4, -0.2) is 21.4 Å². The molecule has 1 heterocycles. The van der Waals surface area contributed by atoms with Crippen LogP contribution in [0.1, 0.15) is 12.5 Å². The molecular weight excluding hydrogens is 400 g/mol. The number of amides is 1. The highest BCUT2D eigenvalue weighted by atomic mass is 32.2. The van der Waals surface area contributed by atoms with E-state index in [1.54, 1.807) is 0 Å². The minimum absolute atomic E-state index is 0.0562. The Morgan fingerprint density at radius 1 is 1.00 bits per heavy atom. The largest absolute Gasteiger partial charge is 0.356 e. The number of hydrogen-bond acceptors (Lipinski definition) is 6. The van der Waals surface area contributed by atoms with Crippen molar-refractivity contribution in [1.29, 1.82) is 0 Å². The van der Waals surface area contributed by atoms with Gasteiger partial charge in [0.05, 0.1) is 5.25 Å². The van der Waals surface area contributed by atoms with E-state index in [-0.39, 0.29) is 11.2 Å². The Morgan fingerprint density at radius 2 is 1.76 bits per heavy atom. The molecule has 1 atom stereocenters. The van der Waals surface area contributed by atoms with Crippen LogP contribution in [0.4, 0.5) is 10.8 Å². The monoisotopic (exact) mass is 420 g/mol. The Labute approximate surface area is 177 Å². The fourth-order valence-corrected chi connectivity index (χ4v) is 4.71. The van der Waals surface area contributed by atoms with Gasteiger partial charge in [0.2, 0.25) is 11.0 Å². The number of benzene rings is 3. The maximum atomic E-state index is 12.6. The van der Waals surface area contributed by atoms with Gasteiger partial charge in [-0.1, -0.05) is 83.8 Å². The number of carbonyl (C=O) groups is 1.